The fraction of sp³-hybridized carbons (Fsp3) is 0.167. The maximum atomic E-state index is 13.0. The van der Waals surface area contributed by atoms with Crippen LogP contribution < -0.4 is 5.32 Å². The largest absolute Gasteiger partial charge is 0.350 e. The van der Waals surface area contributed by atoms with E-state index in [0.717, 1.165) is 0 Å². The van der Waals surface area contributed by atoms with Gasteiger partial charge in [0.15, 0.2) is 0 Å². The van der Waals surface area contributed by atoms with Crippen molar-refractivity contribution in [1.29, 1.82) is 0 Å². The number of hydrogen-bond donors (Lipinski definition) is 1. The van der Waals surface area contributed by atoms with Crippen molar-refractivity contribution in [1.82, 2.24) is 15.1 Å². The molecule has 0 saturated heterocycles. The van der Waals surface area contributed by atoms with Crippen LogP contribution in [-0.2, 0) is 6.54 Å². The summed E-state index contributed by atoms with van der Waals surface area (Å²) >= 11 is 3.22. The first-order chi connectivity index (χ1) is 8.66. The van der Waals surface area contributed by atoms with Gasteiger partial charge in [-0.05, 0) is 40.2 Å². The van der Waals surface area contributed by atoms with Crippen LogP contribution in [0.1, 0.15) is 10.4 Å². The number of nitrogens with one attached hydrogen (secondary N) is 1. The van der Waals surface area contributed by atoms with Crippen LogP contribution >= 0.6 is 15.9 Å². The molecule has 0 atom stereocenters. The highest BCUT2D eigenvalue weighted by atomic mass is 79.9. The van der Waals surface area contributed by atoms with Crippen LogP contribution in [0.5, 0.6) is 0 Å². The topological polar surface area (TPSA) is 46.9 Å². The number of hydrogen-bond acceptors (Lipinski definition) is 2. The summed E-state index contributed by atoms with van der Waals surface area (Å²) in [5.41, 5.74) is 0.287. The molecule has 0 aliphatic carbocycles. The van der Waals surface area contributed by atoms with Crippen molar-refractivity contribution in [3.63, 3.8) is 0 Å². The molecule has 4 nitrogen and oxygen atoms in total. The van der Waals surface area contributed by atoms with Crippen molar-refractivity contribution < 1.29 is 9.18 Å². The third-order valence-electron chi connectivity index (χ3n) is 2.36. The molecule has 1 aromatic heterocycles. The van der Waals surface area contributed by atoms with E-state index in [0.29, 0.717) is 17.6 Å². The average Bonchev–Trinajstić information content (AvgIpc) is 2.85. The lowest BCUT2D eigenvalue weighted by atomic mass is 10.2. The maximum Gasteiger partial charge on any atom is 0.252 e. The molecule has 0 spiro atoms. The summed E-state index contributed by atoms with van der Waals surface area (Å²) in [6.07, 6.45) is 3.48. The molecule has 0 unspecified atom stereocenters. The zero-order valence-electron chi connectivity index (χ0n) is 9.44. The Hall–Kier alpha value is -1.69. The molecular formula is C12H11BrFN3O. The second-order valence-corrected chi connectivity index (χ2v) is 4.50. The van der Waals surface area contributed by atoms with E-state index in [-0.39, 0.29) is 11.5 Å². The van der Waals surface area contributed by atoms with E-state index in [1.807, 2.05) is 12.3 Å². The van der Waals surface area contributed by atoms with E-state index in [1.165, 1.54) is 18.2 Å². The molecule has 2 aromatic rings. The number of amides is 1. The molecule has 0 aliphatic rings. The van der Waals surface area contributed by atoms with E-state index < -0.39 is 5.82 Å². The predicted octanol–water partition coefficient (Wildman–Crippen LogP) is 2.21. The lowest BCUT2D eigenvalue weighted by Crippen LogP contribution is -2.27. The van der Waals surface area contributed by atoms with E-state index in [1.54, 1.807) is 10.9 Å². The highest BCUT2D eigenvalue weighted by molar-refractivity contribution is 9.10. The van der Waals surface area contributed by atoms with Crippen molar-refractivity contribution in [2.45, 2.75) is 6.54 Å². The minimum Gasteiger partial charge on any atom is -0.350 e. The Balaban J connectivity index is 1.93. The summed E-state index contributed by atoms with van der Waals surface area (Å²) < 4.78 is 15.3. The number of carbonyl (C=O) groups is 1. The molecule has 18 heavy (non-hydrogen) atoms. The van der Waals surface area contributed by atoms with Gasteiger partial charge in [-0.25, -0.2) is 4.39 Å². The number of halogens is 2. The van der Waals surface area contributed by atoms with Crippen LogP contribution in [0.25, 0.3) is 0 Å². The van der Waals surface area contributed by atoms with Gasteiger partial charge in [-0.1, -0.05) is 0 Å². The zero-order chi connectivity index (χ0) is 13.0. The average molecular weight is 312 g/mol. The van der Waals surface area contributed by atoms with Gasteiger partial charge in [-0.2, -0.15) is 5.10 Å². The summed E-state index contributed by atoms with van der Waals surface area (Å²) in [5, 5.41) is 6.72. The monoisotopic (exact) mass is 311 g/mol. The van der Waals surface area contributed by atoms with Crippen molar-refractivity contribution in [2.75, 3.05) is 6.54 Å². The lowest BCUT2D eigenvalue weighted by molar-refractivity contribution is 0.0950. The van der Waals surface area contributed by atoms with Gasteiger partial charge in [0.2, 0.25) is 0 Å². The number of nitrogens with zero attached hydrogens (tertiary/aromatic N) is 2. The summed E-state index contributed by atoms with van der Waals surface area (Å²) in [4.78, 5) is 11.8. The molecule has 1 amide bonds. The molecule has 0 fully saturated rings. The van der Waals surface area contributed by atoms with Crippen LogP contribution in [0.2, 0.25) is 0 Å². The standard InChI is InChI=1S/C12H11BrFN3O/c13-11-3-2-9(14)8-10(11)12(18)15-5-7-17-6-1-4-16-17/h1-4,6,8H,5,7H2,(H,15,18). The molecule has 94 valence electrons. The van der Waals surface area contributed by atoms with Crippen molar-refractivity contribution in [2.24, 2.45) is 0 Å². The molecule has 0 bridgehead atoms. The van der Waals surface area contributed by atoms with Crippen LogP contribution in [0, 0.1) is 5.82 Å². The maximum absolute atomic E-state index is 13.0. The van der Waals surface area contributed by atoms with Gasteiger partial charge in [-0.15, -0.1) is 0 Å². The van der Waals surface area contributed by atoms with E-state index in [9.17, 15) is 9.18 Å². The van der Waals surface area contributed by atoms with E-state index in [4.69, 9.17) is 0 Å². The number of rotatable bonds is 4. The summed E-state index contributed by atoms with van der Waals surface area (Å²) in [6, 6.07) is 5.82. The molecule has 1 aromatic carbocycles. The molecule has 0 radical (unpaired) electrons. The van der Waals surface area contributed by atoms with Gasteiger partial charge in [0, 0.05) is 23.4 Å². The Labute approximate surface area is 112 Å². The first-order valence-corrected chi connectivity index (χ1v) is 6.17. The minimum absolute atomic E-state index is 0.287. The third kappa shape index (κ3) is 3.16. The van der Waals surface area contributed by atoms with Gasteiger partial charge in [0.25, 0.3) is 5.91 Å². The van der Waals surface area contributed by atoms with Crippen molar-refractivity contribution in [3.05, 3.63) is 52.5 Å². The lowest BCUT2D eigenvalue weighted by Gasteiger charge is -2.07. The smallest absolute Gasteiger partial charge is 0.252 e. The highest BCUT2D eigenvalue weighted by Crippen LogP contribution is 2.17. The quantitative estimate of drug-likeness (QED) is 0.941. The predicted molar refractivity (Wildman–Crippen MR) is 68.7 cm³/mol. The Morgan fingerprint density at radius 3 is 3.06 bits per heavy atom. The second-order valence-electron chi connectivity index (χ2n) is 3.65. The van der Waals surface area contributed by atoms with Crippen molar-refractivity contribution >= 4 is 21.8 Å². The minimum atomic E-state index is -0.435. The van der Waals surface area contributed by atoms with Crippen LogP contribution in [-0.4, -0.2) is 22.2 Å². The second kappa shape index (κ2) is 5.77. The van der Waals surface area contributed by atoms with E-state index >= 15 is 0 Å². The SMILES string of the molecule is O=C(NCCn1cccn1)c1cc(F)ccc1Br. The molecule has 0 saturated carbocycles. The Bertz CT molecular complexity index is 542. The Kier molecular flexibility index (Phi) is 4.09. The van der Waals surface area contributed by atoms with Gasteiger partial charge in [-0.3, -0.25) is 9.48 Å². The Morgan fingerprint density at radius 2 is 2.33 bits per heavy atom. The first kappa shape index (κ1) is 12.8. The molecule has 1 N–H and O–H groups in total. The van der Waals surface area contributed by atoms with Crippen LogP contribution in [0.3, 0.4) is 0 Å². The van der Waals surface area contributed by atoms with Gasteiger partial charge in [0.1, 0.15) is 5.82 Å². The van der Waals surface area contributed by atoms with Gasteiger partial charge >= 0.3 is 0 Å². The first-order valence-electron chi connectivity index (χ1n) is 5.37. The van der Waals surface area contributed by atoms with Gasteiger partial charge < -0.3 is 5.32 Å². The molecule has 0 aliphatic heterocycles. The zero-order valence-corrected chi connectivity index (χ0v) is 11.0. The normalized spacial score (nSPS) is 10.3. The van der Waals surface area contributed by atoms with Crippen LogP contribution in [0.15, 0.2) is 41.1 Å². The van der Waals surface area contributed by atoms with Crippen LogP contribution in [0.4, 0.5) is 4.39 Å². The Morgan fingerprint density at radius 1 is 1.50 bits per heavy atom. The number of benzene rings is 1. The summed E-state index contributed by atoms with van der Waals surface area (Å²) in [5.74, 6) is -0.746. The molecule has 6 heteroatoms. The summed E-state index contributed by atoms with van der Waals surface area (Å²) in [6.45, 7) is 1.01. The number of aromatic nitrogens is 2. The van der Waals surface area contributed by atoms with E-state index in [2.05, 4.69) is 26.3 Å². The number of carbonyl (C=O) groups excluding carboxylic acids is 1. The highest BCUT2D eigenvalue weighted by Gasteiger charge is 2.10. The fourth-order valence-corrected chi connectivity index (χ4v) is 1.91. The fourth-order valence-electron chi connectivity index (χ4n) is 1.48. The third-order valence-corrected chi connectivity index (χ3v) is 3.05. The molecule has 1 heterocycles. The summed E-state index contributed by atoms with van der Waals surface area (Å²) in [7, 11) is 0. The van der Waals surface area contributed by atoms with Crippen molar-refractivity contribution in [3.8, 4) is 0 Å². The molecular weight excluding hydrogens is 301 g/mol. The van der Waals surface area contributed by atoms with Gasteiger partial charge in [0.05, 0.1) is 12.1 Å². The molecule has 2 rings (SSSR count).